The summed E-state index contributed by atoms with van der Waals surface area (Å²) in [4.78, 5) is 23.9. The lowest BCUT2D eigenvalue weighted by Crippen LogP contribution is -2.24. The van der Waals surface area contributed by atoms with Gasteiger partial charge in [0.25, 0.3) is 0 Å². The molecule has 1 aliphatic heterocycles. The van der Waals surface area contributed by atoms with Gasteiger partial charge in [0.15, 0.2) is 0 Å². The van der Waals surface area contributed by atoms with E-state index in [4.69, 9.17) is 4.74 Å². The highest BCUT2D eigenvalue weighted by Crippen LogP contribution is 2.22. The van der Waals surface area contributed by atoms with E-state index in [1.54, 1.807) is 12.1 Å². The lowest BCUT2D eigenvalue weighted by Gasteiger charge is -2.16. The number of carboxylic acids is 1. The van der Waals surface area contributed by atoms with Crippen LogP contribution in [0.5, 0.6) is 0 Å². The van der Waals surface area contributed by atoms with E-state index in [1.165, 1.54) is 0 Å². The Morgan fingerprint density at radius 1 is 1.35 bits per heavy atom. The summed E-state index contributed by atoms with van der Waals surface area (Å²) >= 11 is 3.39. The highest BCUT2D eigenvalue weighted by atomic mass is 79.9. The molecule has 104 valence electrons. The van der Waals surface area contributed by atoms with Crippen molar-refractivity contribution in [1.82, 2.24) is 4.57 Å². The molecule has 1 N–H and O–H groups in total. The molecule has 0 aliphatic carbocycles. The Labute approximate surface area is 122 Å². The van der Waals surface area contributed by atoms with E-state index in [-0.39, 0.29) is 5.56 Å². The standard InChI is InChI=1S/C14H12BrNO4/c15-8-1-2-9-11(7-8)16-4-6-20-5-3-10(16)12(13(9)17)14(18)19/h1-2,7H,3-6H2,(H,18,19). The lowest BCUT2D eigenvalue weighted by molar-refractivity contribution is 0.0693. The summed E-state index contributed by atoms with van der Waals surface area (Å²) in [6.07, 6.45) is 0.430. The predicted molar refractivity (Wildman–Crippen MR) is 77.4 cm³/mol. The molecule has 1 aliphatic rings. The summed E-state index contributed by atoms with van der Waals surface area (Å²) in [6, 6.07) is 5.25. The second-order valence-corrected chi connectivity index (χ2v) is 5.55. The number of hydrogen-bond acceptors (Lipinski definition) is 3. The monoisotopic (exact) mass is 337 g/mol. The van der Waals surface area contributed by atoms with E-state index >= 15 is 0 Å². The van der Waals surface area contributed by atoms with Crippen LogP contribution >= 0.6 is 15.9 Å². The molecule has 0 fully saturated rings. The van der Waals surface area contributed by atoms with Gasteiger partial charge in [-0.2, -0.15) is 0 Å². The minimum Gasteiger partial charge on any atom is -0.477 e. The van der Waals surface area contributed by atoms with Crippen molar-refractivity contribution in [2.24, 2.45) is 0 Å². The normalized spacial score (nSPS) is 14.8. The fraction of sp³-hybridized carbons (Fsp3) is 0.286. The van der Waals surface area contributed by atoms with Crippen LogP contribution < -0.4 is 5.43 Å². The topological polar surface area (TPSA) is 68.5 Å². The van der Waals surface area contributed by atoms with E-state index < -0.39 is 11.4 Å². The largest absolute Gasteiger partial charge is 0.477 e. The molecule has 20 heavy (non-hydrogen) atoms. The third-order valence-corrected chi connectivity index (χ3v) is 3.99. The number of fused-ring (bicyclic) bond motifs is 3. The van der Waals surface area contributed by atoms with Crippen LogP contribution in [0.3, 0.4) is 0 Å². The second kappa shape index (κ2) is 5.03. The molecule has 0 spiro atoms. The van der Waals surface area contributed by atoms with Crippen LogP contribution in [0, 0.1) is 0 Å². The fourth-order valence-electron chi connectivity index (χ4n) is 2.63. The quantitative estimate of drug-likeness (QED) is 0.864. The highest BCUT2D eigenvalue weighted by molar-refractivity contribution is 9.10. The Morgan fingerprint density at radius 2 is 2.15 bits per heavy atom. The van der Waals surface area contributed by atoms with E-state index in [2.05, 4.69) is 15.9 Å². The van der Waals surface area contributed by atoms with Crippen LogP contribution in [-0.2, 0) is 17.7 Å². The van der Waals surface area contributed by atoms with Gasteiger partial charge in [0.2, 0.25) is 5.43 Å². The Kier molecular flexibility index (Phi) is 3.35. The highest BCUT2D eigenvalue weighted by Gasteiger charge is 2.23. The number of halogens is 1. The Bertz CT molecular complexity index is 766. The van der Waals surface area contributed by atoms with E-state index in [1.807, 2.05) is 10.6 Å². The summed E-state index contributed by atoms with van der Waals surface area (Å²) in [6.45, 7) is 1.48. The maximum absolute atomic E-state index is 12.4. The molecule has 0 bridgehead atoms. The molecule has 0 amide bonds. The first-order valence-electron chi connectivity index (χ1n) is 6.25. The van der Waals surface area contributed by atoms with Gasteiger partial charge < -0.3 is 14.4 Å². The summed E-state index contributed by atoms with van der Waals surface area (Å²) in [5, 5.41) is 9.79. The van der Waals surface area contributed by atoms with Crippen molar-refractivity contribution in [3.63, 3.8) is 0 Å². The molecule has 0 atom stereocenters. The number of aromatic carboxylic acids is 1. The van der Waals surface area contributed by atoms with Gasteiger partial charge >= 0.3 is 5.97 Å². The Morgan fingerprint density at radius 3 is 2.90 bits per heavy atom. The van der Waals surface area contributed by atoms with Crippen LogP contribution in [0.25, 0.3) is 10.9 Å². The average molecular weight is 338 g/mol. The maximum Gasteiger partial charge on any atom is 0.341 e. The number of nitrogens with zero attached hydrogens (tertiary/aromatic N) is 1. The maximum atomic E-state index is 12.4. The van der Waals surface area contributed by atoms with E-state index in [9.17, 15) is 14.7 Å². The zero-order valence-corrected chi connectivity index (χ0v) is 12.1. The molecule has 0 unspecified atom stereocenters. The SMILES string of the molecule is O=C(O)c1c2n(c3cc(Br)ccc3c1=O)CCOCC2. The number of carboxylic acid groups (broad SMARTS) is 1. The van der Waals surface area contributed by atoms with Crippen molar-refractivity contribution < 1.29 is 14.6 Å². The molecule has 2 heterocycles. The number of rotatable bonds is 1. The first-order valence-corrected chi connectivity index (χ1v) is 7.05. The van der Waals surface area contributed by atoms with Crippen LogP contribution in [0.2, 0.25) is 0 Å². The predicted octanol–water partition coefficient (Wildman–Crippen LogP) is 2.03. The molecule has 0 radical (unpaired) electrons. The molecule has 5 nitrogen and oxygen atoms in total. The average Bonchev–Trinajstić information content (AvgIpc) is 2.64. The van der Waals surface area contributed by atoms with Crippen molar-refractivity contribution in [3.05, 3.63) is 44.2 Å². The molecular formula is C14H12BrNO4. The number of pyridine rings is 1. The van der Waals surface area contributed by atoms with Gasteiger partial charge in [-0.25, -0.2) is 4.79 Å². The van der Waals surface area contributed by atoms with Crippen molar-refractivity contribution in [2.45, 2.75) is 13.0 Å². The summed E-state index contributed by atoms with van der Waals surface area (Å²) in [5.74, 6) is -1.18. The number of carbonyl (C=O) groups is 1. The third-order valence-electron chi connectivity index (χ3n) is 3.49. The van der Waals surface area contributed by atoms with Crippen molar-refractivity contribution in [3.8, 4) is 0 Å². The van der Waals surface area contributed by atoms with Gasteiger partial charge in [0.05, 0.1) is 18.7 Å². The number of aromatic nitrogens is 1. The van der Waals surface area contributed by atoms with Gasteiger partial charge in [-0.15, -0.1) is 0 Å². The first-order chi connectivity index (χ1) is 9.59. The van der Waals surface area contributed by atoms with Gasteiger partial charge in [0.1, 0.15) is 5.56 Å². The van der Waals surface area contributed by atoms with Gasteiger partial charge in [-0.3, -0.25) is 4.79 Å². The number of hydrogen-bond donors (Lipinski definition) is 1. The lowest BCUT2D eigenvalue weighted by atomic mass is 10.1. The van der Waals surface area contributed by atoms with Crippen molar-refractivity contribution in [2.75, 3.05) is 13.2 Å². The Hall–Kier alpha value is -1.66. The molecule has 0 saturated heterocycles. The molecule has 2 aromatic rings. The first kappa shape index (κ1) is 13.3. The smallest absolute Gasteiger partial charge is 0.341 e. The second-order valence-electron chi connectivity index (χ2n) is 4.63. The molecule has 0 saturated carbocycles. The zero-order chi connectivity index (χ0) is 14.3. The van der Waals surface area contributed by atoms with E-state index in [0.29, 0.717) is 37.3 Å². The molecule has 1 aromatic heterocycles. The van der Waals surface area contributed by atoms with Crippen molar-refractivity contribution >= 4 is 32.8 Å². The van der Waals surface area contributed by atoms with Crippen LogP contribution in [0.1, 0.15) is 16.1 Å². The van der Waals surface area contributed by atoms with Crippen LogP contribution in [-0.4, -0.2) is 28.9 Å². The minimum absolute atomic E-state index is 0.134. The summed E-state index contributed by atoms with van der Waals surface area (Å²) in [7, 11) is 0. The Balaban J connectivity index is 2.48. The molecule has 6 heteroatoms. The van der Waals surface area contributed by atoms with Gasteiger partial charge in [-0.05, 0) is 18.2 Å². The third kappa shape index (κ3) is 2.05. The van der Waals surface area contributed by atoms with Crippen LogP contribution in [0.15, 0.2) is 27.5 Å². The minimum atomic E-state index is -1.18. The zero-order valence-electron chi connectivity index (χ0n) is 10.6. The molecular weight excluding hydrogens is 326 g/mol. The number of ether oxygens (including phenoxy) is 1. The van der Waals surface area contributed by atoms with Crippen molar-refractivity contribution in [1.29, 1.82) is 0 Å². The van der Waals surface area contributed by atoms with E-state index in [0.717, 1.165) is 9.99 Å². The van der Waals surface area contributed by atoms with Gasteiger partial charge in [0, 0.05) is 28.5 Å². The van der Waals surface area contributed by atoms with Gasteiger partial charge in [-0.1, -0.05) is 15.9 Å². The summed E-state index contributed by atoms with van der Waals surface area (Å²) in [5.41, 5.74) is 0.735. The fourth-order valence-corrected chi connectivity index (χ4v) is 2.98. The molecule has 3 rings (SSSR count). The summed E-state index contributed by atoms with van der Waals surface area (Å²) < 4.78 is 8.14. The van der Waals surface area contributed by atoms with Crippen LogP contribution in [0.4, 0.5) is 0 Å². The number of benzene rings is 1. The molecule has 1 aromatic carbocycles.